The Labute approximate surface area is 220 Å². The molecule has 0 bridgehead atoms. The van der Waals surface area contributed by atoms with Crippen LogP contribution in [-0.4, -0.2) is 51.3 Å². The summed E-state index contributed by atoms with van der Waals surface area (Å²) in [7, 11) is 2.90. The van der Waals surface area contributed by atoms with Crippen LogP contribution in [0.15, 0.2) is 54.2 Å². The molecular formula is C26H24F3N5O3S. The van der Waals surface area contributed by atoms with Crippen LogP contribution < -0.4 is 9.47 Å². The quantitative estimate of drug-likeness (QED) is 0.306. The number of thiazole rings is 1. The summed E-state index contributed by atoms with van der Waals surface area (Å²) >= 11 is 0.925. The van der Waals surface area contributed by atoms with E-state index in [1.807, 2.05) is 12.1 Å². The molecule has 38 heavy (non-hydrogen) atoms. The van der Waals surface area contributed by atoms with Gasteiger partial charge in [0.2, 0.25) is 5.13 Å². The summed E-state index contributed by atoms with van der Waals surface area (Å²) in [5.74, 6) is 0.467. The molecule has 1 atom stereocenters. The van der Waals surface area contributed by atoms with Gasteiger partial charge in [-0.15, -0.1) is 11.3 Å². The van der Waals surface area contributed by atoms with Gasteiger partial charge in [-0.1, -0.05) is 6.07 Å². The molecule has 0 N–H and O–H groups in total. The van der Waals surface area contributed by atoms with E-state index in [4.69, 9.17) is 9.47 Å². The van der Waals surface area contributed by atoms with Gasteiger partial charge in [0, 0.05) is 35.9 Å². The molecule has 0 spiro atoms. The summed E-state index contributed by atoms with van der Waals surface area (Å²) in [4.78, 5) is 23.6. The van der Waals surface area contributed by atoms with Crippen LogP contribution in [0.25, 0.3) is 16.4 Å². The summed E-state index contributed by atoms with van der Waals surface area (Å²) < 4.78 is 53.4. The number of nitrogens with zero attached hydrogens (tertiary/aromatic N) is 5. The maximum atomic E-state index is 14.0. The minimum atomic E-state index is -4.71. The molecule has 1 aromatic carbocycles. The second-order valence-corrected chi connectivity index (χ2v) is 9.54. The second kappa shape index (κ2) is 10.4. The maximum absolute atomic E-state index is 14.0. The molecule has 4 aromatic rings. The first-order chi connectivity index (χ1) is 18.3. The van der Waals surface area contributed by atoms with E-state index in [-0.39, 0.29) is 28.5 Å². The van der Waals surface area contributed by atoms with Gasteiger partial charge in [0.1, 0.15) is 17.2 Å². The van der Waals surface area contributed by atoms with Crippen molar-refractivity contribution in [2.75, 3.05) is 20.8 Å². The lowest BCUT2D eigenvalue weighted by atomic mass is 9.96. The van der Waals surface area contributed by atoms with Crippen molar-refractivity contribution in [1.82, 2.24) is 24.6 Å². The zero-order valence-electron chi connectivity index (χ0n) is 20.6. The minimum absolute atomic E-state index is 0.0487. The van der Waals surface area contributed by atoms with Gasteiger partial charge in [0.05, 0.1) is 26.0 Å². The normalized spacial score (nSPS) is 15.9. The smallest absolute Gasteiger partial charge is 0.433 e. The van der Waals surface area contributed by atoms with E-state index in [0.29, 0.717) is 23.6 Å². The number of alkyl halides is 3. The number of amides is 1. The predicted molar refractivity (Wildman–Crippen MR) is 135 cm³/mol. The number of benzene rings is 1. The predicted octanol–water partition coefficient (Wildman–Crippen LogP) is 5.79. The summed E-state index contributed by atoms with van der Waals surface area (Å²) in [6.45, 7) is 0.530. The van der Waals surface area contributed by atoms with E-state index in [1.54, 1.807) is 35.5 Å². The number of pyridine rings is 1. The van der Waals surface area contributed by atoms with Crippen molar-refractivity contribution >= 4 is 17.2 Å². The largest absolute Gasteiger partial charge is 0.497 e. The van der Waals surface area contributed by atoms with Gasteiger partial charge in [-0.05, 0) is 49.1 Å². The molecule has 12 heteroatoms. The fourth-order valence-electron chi connectivity index (χ4n) is 4.57. The molecule has 8 nitrogen and oxygen atoms in total. The van der Waals surface area contributed by atoms with E-state index in [0.717, 1.165) is 46.9 Å². The van der Waals surface area contributed by atoms with Gasteiger partial charge in [0.15, 0.2) is 5.69 Å². The van der Waals surface area contributed by atoms with Crippen LogP contribution in [0.2, 0.25) is 0 Å². The monoisotopic (exact) mass is 543 g/mol. The second-order valence-electron chi connectivity index (χ2n) is 8.70. The highest BCUT2D eigenvalue weighted by Crippen LogP contribution is 2.39. The Bertz CT molecular complexity index is 1440. The van der Waals surface area contributed by atoms with Crippen LogP contribution in [0.3, 0.4) is 0 Å². The minimum Gasteiger partial charge on any atom is -0.497 e. The van der Waals surface area contributed by atoms with Crippen LogP contribution >= 0.6 is 11.3 Å². The van der Waals surface area contributed by atoms with Crippen molar-refractivity contribution in [2.24, 2.45) is 0 Å². The molecule has 3 aromatic heterocycles. The molecule has 1 saturated heterocycles. The Balaban J connectivity index is 1.50. The van der Waals surface area contributed by atoms with E-state index in [9.17, 15) is 18.0 Å². The van der Waals surface area contributed by atoms with E-state index in [2.05, 4.69) is 15.1 Å². The molecule has 1 amide bonds. The summed E-state index contributed by atoms with van der Waals surface area (Å²) in [6, 6.07) is 9.27. The molecule has 1 fully saturated rings. The number of hydrogen-bond acceptors (Lipinski definition) is 7. The van der Waals surface area contributed by atoms with Crippen LogP contribution in [0.5, 0.6) is 11.5 Å². The number of likely N-dealkylation sites (tertiary alicyclic amines) is 1. The number of carbonyl (C=O) groups is 1. The first-order valence-electron chi connectivity index (χ1n) is 11.9. The average molecular weight is 544 g/mol. The van der Waals surface area contributed by atoms with Crippen molar-refractivity contribution in [3.63, 3.8) is 0 Å². The fraction of sp³-hybridized carbons (Fsp3) is 0.308. The lowest BCUT2D eigenvalue weighted by Crippen LogP contribution is -2.38. The molecule has 1 unspecified atom stereocenters. The van der Waals surface area contributed by atoms with Gasteiger partial charge in [-0.25, -0.2) is 9.67 Å². The molecule has 1 aliphatic heterocycles. The number of rotatable bonds is 6. The van der Waals surface area contributed by atoms with Gasteiger partial charge in [-0.2, -0.15) is 18.3 Å². The molecular weight excluding hydrogens is 519 g/mol. The van der Waals surface area contributed by atoms with Gasteiger partial charge in [-0.3, -0.25) is 9.78 Å². The average Bonchev–Trinajstić information content (AvgIpc) is 3.61. The van der Waals surface area contributed by atoms with Crippen molar-refractivity contribution in [3.8, 4) is 27.9 Å². The number of carbonyl (C=O) groups excluding carboxylic acids is 1. The first kappa shape index (κ1) is 25.7. The highest BCUT2D eigenvalue weighted by Gasteiger charge is 2.38. The molecule has 5 rings (SSSR count). The molecule has 4 heterocycles. The van der Waals surface area contributed by atoms with Crippen LogP contribution in [0, 0.1) is 0 Å². The zero-order chi connectivity index (χ0) is 26.9. The Morgan fingerprint density at radius 3 is 2.68 bits per heavy atom. The van der Waals surface area contributed by atoms with Crippen LogP contribution in [-0.2, 0) is 6.18 Å². The lowest BCUT2D eigenvalue weighted by molar-refractivity contribution is -0.142. The summed E-state index contributed by atoms with van der Waals surface area (Å²) in [6.07, 6.45) is 1.27. The van der Waals surface area contributed by atoms with Crippen molar-refractivity contribution < 1.29 is 27.4 Å². The lowest BCUT2D eigenvalue weighted by Gasteiger charge is -2.35. The number of ether oxygens (including phenoxy) is 2. The Kier molecular flexibility index (Phi) is 7.06. The van der Waals surface area contributed by atoms with Crippen molar-refractivity contribution in [2.45, 2.75) is 31.5 Å². The van der Waals surface area contributed by atoms with E-state index < -0.39 is 11.9 Å². The van der Waals surface area contributed by atoms with Crippen molar-refractivity contribution in [1.29, 1.82) is 0 Å². The highest BCUT2D eigenvalue weighted by atomic mass is 32.1. The molecule has 0 radical (unpaired) electrons. The third-order valence-electron chi connectivity index (χ3n) is 6.41. The molecule has 0 saturated carbocycles. The summed E-state index contributed by atoms with van der Waals surface area (Å²) in [5, 5.41) is 5.63. The Hall–Kier alpha value is -3.93. The van der Waals surface area contributed by atoms with Crippen LogP contribution in [0.4, 0.5) is 13.2 Å². The van der Waals surface area contributed by atoms with Gasteiger partial charge >= 0.3 is 6.18 Å². The third kappa shape index (κ3) is 4.95. The maximum Gasteiger partial charge on any atom is 0.433 e. The first-order valence-corrected chi connectivity index (χ1v) is 12.7. The molecule has 1 aliphatic rings. The standard InChI is InChI=1S/C26H24F3N5O3S/c1-36-17-8-9-18(22(12-17)37-2)19-13-23(26(27,28)29)34(32-19)25-31-20(15-38-25)24(35)33-11-4-3-7-21(33)16-6-5-10-30-14-16/h5-6,8-10,12-15,21H,3-4,7,11H2,1-2H3. The molecule has 198 valence electrons. The van der Waals surface area contributed by atoms with E-state index >= 15 is 0 Å². The number of piperidine rings is 1. The fourth-order valence-corrected chi connectivity index (χ4v) is 5.33. The zero-order valence-corrected chi connectivity index (χ0v) is 21.4. The number of halogens is 3. The molecule has 0 aliphatic carbocycles. The topological polar surface area (TPSA) is 82.4 Å². The number of aromatic nitrogens is 4. The van der Waals surface area contributed by atoms with Gasteiger partial charge in [0.25, 0.3) is 5.91 Å². The third-order valence-corrected chi connectivity index (χ3v) is 7.23. The number of hydrogen-bond donors (Lipinski definition) is 0. The summed E-state index contributed by atoms with van der Waals surface area (Å²) in [5.41, 5.74) is 0.393. The number of methoxy groups -OCH3 is 2. The van der Waals surface area contributed by atoms with Crippen LogP contribution in [0.1, 0.15) is 47.1 Å². The van der Waals surface area contributed by atoms with Gasteiger partial charge < -0.3 is 14.4 Å². The highest BCUT2D eigenvalue weighted by molar-refractivity contribution is 7.12. The Morgan fingerprint density at radius 1 is 1.13 bits per heavy atom. The van der Waals surface area contributed by atoms with E-state index in [1.165, 1.54) is 19.6 Å². The SMILES string of the molecule is COc1ccc(-c2cc(C(F)(F)F)n(-c3nc(C(=O)N4CCCCC4c4cccnc4)cs3)n2)c(OC)c1. The van der Waals surface area contributed by atoms with Crippen molar-refractivity contribution in [3.05, 3.63) is 71.1 Å². The Morgan fingerprint density at radius 2 is 1.97 bits per heavy atom.